The standard InChI is InChI=1S/C18H23FN4O2/c1-20-17-21-9-14(10-22-17)11-23-8-7-18(12-23,24-2)13-25-16-5-3-15(19)4-6-16/h3-6,9-10H,7-8,11-13H2,1-2H3,(H,20,21,22)/t18-/m0/s1. The molecule has 1 atom stereocenters. The van der Waals surface area contributed by atoms with Crippen molar-refractivity contribution in [2.45, 2.75) is 18.6 Å². The number of likely N-dealkylation sites (tertiary alicyclic amines) is 1. The number of anilines is 1. The van der Waals surface area contributed by atoms with Crippen LogP contribution >= 0.6 is 0 Å². The van der Waals surface area contributed by atoms with Gasteiger partial charge in [0, 0.05) is 51.7 Å². The van der Waals surface area contributed by atoms with E-state index in [0.29, 0.717) is 18.3 Å². The van der Waals surface area contributed by atoms with Crippen molar-refractivity contribution < 1.29 is 13.9 Å². The fourth-order valence-corrected chi connectivity index (χ4v) is 2.98. The maximum Gasteiger partial charge on any atom is 0.222 e. The third-order valence-corrected chi connectivity index (χ3v) is 4.48. The Kier molecular flexibility index (Phi) is 5.45. The number of nitrogens with zero attached hydrogens (tertiary/aromatic N) is 3. The predicted molar refractivity (Wildman–Crippen MR) is 93.1 cm³/mol. The smallest absolute Gasteiger partial charge is 0.222 e. The minimum absolute atomic E-state index is 0.271. The molecule has 1 N–H and O–H groups in total. The van der Waals surface area contributed by atoms with Gasteiger partial charge < -0.3 is 14.8 Å². The van der Waals surface area contributed by atoms with Gasteiger partial charge >= 0.3 is 0 Å². The van der Waals surface area contributed by atoms with Crippen LogP contribution in [-0.4, -0.2) is 54.3 Å². The van der Waals surface area contributed by atoms with Crippen LogP contribution in [0.3, 0.4) is 0 Å². The fraction of sp³-hybridized carbons (Fsp3) is 0.444. The lowest BCUT2D eigenvalue weighted by atomic mass is 10.0. The van der Waals surface area contributed by atoms with E-state index in [9.17, 15) is 4.39 Å². The van der Waals surface area contributed by atoms with Crippen LogP contribution in [0.2, 0.25) is 0 Å². The van der Waals surface area contributed by atoms with E-state index >= 15 is 0 Å². The van der Waals surface area contributed by atoms with Crippen molar-refractivity contribution in [2.24, 2.45) is 0 Å². The van der Waals surface area contributed by atoms with E-state index in [-0.39, 0.29) is 11.4 Å². The molecule has 1 aromatic carbocycles. The largest absolute Gasteiger partial charge is 0.491 e. The second-order valence-electron chi connectivity index (χ2n) is 6.26. The minimum Gasteiger partial charge on any atom is -0.491 e. The molecule has 0 amide bonds. The Labute approximate surface area is 147 Å². The molecule has 0 unspecified atom stereocenters. The second kappa shape index (κ2) is 7.76. The van der Waals surface area contributed by atoms with E-state index in [0.717, 1.165) is 31.6 Å². The summed E-state index contributed by atoms with van der Waals surface area (Å²) in [6.45, 7) is 2.87. The summed E-state index contributed by atoms with van der Waals surface area (Å²) >= 11 is 0. The van der Waals surface area contributed by atoms with E-state index in [2.05, 4.69) is 20.2 Å². The quantitative estimate of drug-likeness (QED) is 0.830. The lowest BCUT2D eigenvalue weighted by Gasteiger charge is -2.28. The zero-order chi connectivity index (χ0) is 17.7. The van der Waals surface area contributed by atoms with Crippen LogP contribution in [-0.2, 0) is 11.3 Å². The SMILES string of the molecule is CNc1ncc(CN2CC[C@](COc3ccc(F)cc3)(OC)C2)cn1. The highest BCUT2D eigenvalue weighted by Gasteiger charge is 2.39. The molecule has 1 fully saturated rings. The molecule has 25 heavy (non-hydrogen) atoms. The molecule has 0 bridgehead atoms. The molecule has 1 aliphatic heterocycles. The van der Waals surface area contributed by atoms with E-state index in [1.807, 2.05) is 12.4 Å². The Morgan fingerprint density at radius 2 is 1.96 bits per heavy atom. The minimum atomic E-state index is -0.361. The van der Waals surface area contributed by atoms with Gasteiger partial charge in [-0.2, -0.15) is 0 Å². The number of methoxy groups -OCH3 is 1. The average molecular weight is 346 g/mol. The fourth-order valence-electron chi connectivity index (χ4n) is 2.98. The van der Waals surface area contributed by atoms with E-state index in [4.69, 9.17) is 9.47 Å². The van der Waals surface area contributed by atoms with Crippen LogP contribution < -0.4 is 10.1 Å². The molecule has 0 saturated carbocycles. The highest BCUT2D eigenvalue weighted by molar-refractivity contribution is 5.23. The van der Waals surface area contributed by atoms with E-state index in [1.54, 1.807) is 26.3 Å². The topological polar surface area (TPSA) is 59.5 Å². The van der Waals surface area contributed by atoms with Gasteiger partial charge in [-0.1, -0.05) is 0 Å². The Morgan fingerprint density at radius 3 is 2.60 bits per heavy atom. The summed E-state index contributed by atoms with van der Waals surface area (Å²) in [6.07, 6.45) is 4.54. The summed E-state index contributed by atoms with van der Waals surface area (Å²) in [5.74, 6) is 0.990. The molecule has 1 aromatic heterocycles. The molecule has 0 radical (unpaired) electrons. The molecule has 1 aliphatic rings. The van der Waals surface area contributed by atoms with Gasteiger partial charge in [-0.25, -0.2) is 14.4 Å². The lowest BCUT2D eigenvalue weighted by molar-refractivity contribution is -0.0359. The molecule has 2 aromatic rings. The third-order valence-electron chi connectivity index (χ3n) is 4.48. The first-order valence-corrected chi connectivity index (χ1v) is 8.27. The van der Waals surface area contributed by atoms with Gasteiger partial charge in [0.2, 0.25) is 5.95 Å². The number of rotatable bonds is 7. The second-order valence-corrected chi connectivity index (χ2v) is 6.26. The average Bonchev–Trinajstić information content (AvgIpc) is 3.05. The molecular weight excluding hydrogens is 323 g/mol. The number of nitrogens with one attached hydrogen (secondary N) is 1. The van der Waals surface area contributed by atoms with Crippen molar-refractivity contribution in [3.05, 3.63) is 48.0 Å². The first-order valence-electron chi connectivity index (χ1n) is 8.27. The summed E-state index contributed by atoms with van der Waals surface area (Å²) in [7, 11) is 3.51. The van der Waals surface area contributed by atoms with Gasteiger partial charge in [-0.15, -0.1) is 0 Å². The molecule has 0 aliphatic carbocycles. The number of halogens is 1. The number of aromatic nitrogens is 2. The van der Waals surface area contributed by atoms with E-state index < -0.39 is 0 Å². The molecule has 0 spiro atoms. The van der Waals surface area contributed by atoms with Crippen LogP contribution in [0.1, 0.15) is 12.0 Å². The number of ether oxygens (including phenoxy) is 2. The Balaban J connectivity index is 1.56. The van der Waals surface area contributed by atoms with Crippen LogP contribution in [0.4, 0.5) is 10.3 Å². The summed E-state index contributed by atoms with van der Waals surface area (Å²) in [4.78, 5) is 10.8. The normalized spacial score (nSPS) is 20.6. The third kappa shape index (κ3) is 4.43. The Bertz CT molecular complexity index is 680. The summed E-state index contributed by atoms with van der Waals surface area (Å²) in [6, 6.07) is 6.05. The summed E-state index contributed by atoms with van der Waals surface area (Å²) in [5.41, 5.74) is 0.700. The maximum atomic E-state index is 13.0. The van der Waals surface area contributed by atoms with Gasteiger partial charge in [0.25, 0.3) is 0 Å². The highest BCUT2D eigenvalue weighted by Crippen LogP contribution is 2.27. The molecule has 7 heteroatoms. The van der Waals surface area contributed by atoms with Crippen LogP contribution in [0.5, 0.6) is 5.75 Å². The molecule has 134 valence electrons. The van der Waals surface area contributed by atoms with Crippen molar-refractivity contribution in [3.63, 3.8) is 0 Å². The predicted octanol–water partition coefficient (Wildman–Crippen LogP) is 2.33. The first-order chi connectivity index (χ1) is 12.1. The highest BCUT2D eigenvalue weighted by atomic mass is 19.1. The van der Waals surface area contributed by atoms with Gasteiger partial charge in [0.05, 0.1) is 0 Å². The number of hydrogen-bond donors (Lipinski definition) is 1. The van der Waals surface area contributed by atoms with Gasteiger partial charge in [0.15, 0.2) is 0 Å². The van der Waals surface area contributed by atoms with Crippen LogP contribution in [0.15, 0.2) is 36.7 Å². The molecule has 2 heterocycles. The summed E-state index contributed by atoms with van der Waals surface area (Å²) in [5, 5.41) is 2.91. The van der Waals surface area contributed by atoms with Crippen LogP contribution in [0, 0.1) is 5.82 Å². The zero-order valence-corrected chi connectivity index (χ0v) is 14.5. The van der Waals surface area contributed by atoms with Crippen molar-refractivity contribution in [1.82, 2.24) is 14.9 Å². The van der Waals surface area contributed by atoms with Crippen molar-refractivity contribution in [3.8, 4) is 5.75 Å². The zero-order valence-electron chi connectivity index (χ0n) is 14.5. The van der Waals surface area contributed by atoms with Gasteiger partial charge in [-0.3, -0.25) is 4.90 Å². The maximum absolute atomic E-state index is 13.0. The molecule has 1 saturated heterocycles. The Hall–Kier alpha value is -2.25. The van der Waals surface area contributed by atoms with Crippen molar-refractivity contribution in [1.29, 1.82) is 0 Å². The molecule has 6 nitrogen and oxygen atoms in total. The van der Waals surface area contributed by atoms with Crippen molar-refractivity contribution in [2.75, 3.05) is 39.2 Å². The lowest BCUT2D eigenvalue weighted by Crippen LogP contribution is -2.41. The Morgan fingerprint density at radius 1 is 1.24 bits per heavy atom. The summed E-state index contributed by atoms with van der Waals surface area (Å²) < 4.78 is 24.6. The first kappa shape index (κ1) is 17.6. The van der Waals surface area contributed by atoms with Crippen LogP contribution in [0.25, 0.3) is 0 Å². The van der Waals surface area contributed by atoms with E-state index in [1.165, 1.54) is 12.1 Å². The monoisotopic (exact) mass is 346 g/mol. The van der Waals surface area contributed by atoms with Gasteiger partial charge in [-0.05, 0) is 30.7 Å². The molecular formula is C18H23FN4O2. The molecule has 3 rings (SSSR count). The number of hydrogen-bond acceptors (Lipinski definition) is 6. The number of benzene rings is 1. The van der Waals surface area contributed by atoms with Gasteiger partial charge in [0.1, 0.15) is 23.8 Å². The van der Waals surface area contributed by atoms with Crippen molar-refractivity contribution >= 4 is 5.95 Å².